The van der Waals surface area contributed by atoms with Crippen molar-refractivity contribution in [1.82, 2.24) is 19.5 Å². The van der Waals surface area contributed by atoms with Crippen LogP contribution in [0.3, 0.4) is 0 Å². The second-order valence-electron chi connectivity index (χ2n) is 5.23. The van der Waals surface area contributed by atoms with Crippen LogP contribution >= 0.6 is 0 Å². The second-order valence-corrected chi connectivity index (χ2v) is 5.23. The molecule has 0 saturated carbocycles. The number of halogens is 2. The Hall–Kier alpha value is -2.83. The van der Waals surface area contributed by atoms with Crippen LogP contribution in [0.25, 0.3) is 0 Å². The molecule has 0 bridgehead atoms. The van der Waals surface area contributed by atoms with E-state index in [1.165, 1.54) is 17.8 Å². The molecule has 0 saturated heterocycles. The van der Waals surface area contributed by atoms with E-state index < -0.39 is 6.43 Å². The van der Waals surface area contributed by atoms with Crippen LogP contribution in [0.5, 0.6) is 0 Å². The predicted octanol–water partition coefficient (Wildman–Crippen LogP) is 3.47. The molecule has 0 spiro atoms. The SMILES string of the molecule is FC(F)c1ccnc(NCc2nccn2CCc2ccccc2)n1. The van der Waals surface area contributed by atoms with E-state index in [-0.39, 0.29) is 11.6 Å². The van der Waals surface area contributed by atoms with Gasteiger partial charge in [-0.15, -0.1) is 0 Å². The van der Waals surface area contributed by atoms with Crippen LogP contribution in [0.1, 0.15) is 23.5 Å². The van der Waals surface area contributed by atoms with Gasteiger partial charge in [0.25, 0.3) is 6.43 Å². The summed E-state index contributed by atoms with van der Waals surface area (Å²) >= 11 is 0. The third-order valence-corrected chi connectivity index (χ3v) is 3.59. The molecule has 0 unspecified atom stereocenters. The summed E-state index contributed by atoms with van der Waals surface area (Å²) in [5, 5.41) is 2.94. The van der Waals surface area contributed by atoms with E-state index in [0.29, 0.717) is 6.54 Å². The van der Waals surface area contributed by atoms with E-state index in [0.717, 1.165) is 18.8 Å². The number of anilines is 1. The predicted molar refractivity (Wildman–Crippen MR) is 86.7 cm³/mol. The zero-order chi connectivity index (χ0) is 16.8. The van der Waals surface area contributed by atoms with Crippen LogP contribution in [0, 0.1) is 0 Å². The highest BCUT2D eigenvalue weighted by molar-refractivity contribution is 5.26. The van der Waals surface area contributed by atoms with Gasteiger partial charge in [-0.3, -0.25) is 0 Å². The topological polar surface area (TPSA) is 55.6 Å². The fourth-order valence-corrected chi connectivity index (χ4v) is 2.34. The Kier molecular flexibility index (Phi) is 5.10. The highest BCUT2D eigenvalue weighted by atomic mass is 19.3. The molecule has 0 fully saturated rings. The van der Waals surface area contributed by atoms with E-state index in [9.17, 15) is 8.78 Å². The number of imidazole rings is 1. The Balaban J connectivity index is 1.60. The maximum absolute atomic E-state index is 12.7. The Bertz CT molecular complexity index is 773. The highest BCUT2D eigenvalue weighted by Gasteiger charge is 2.10. The average Bonchev–Trinajstić information content (AvgIpc) is 3.07. The van der Waals surface area contributed by atoms with Gasteiger partial charge in [-0.25, -0.2) is 23.7 Å². The molecule has 124 valence electrons. The summed E-state index contributed by atoms with van der Waals surface area (Å²) < 4.78 is 27.3. The largest absolute Gasteiger partial charge is 0.347 e. The molecule has 0 atom stereocenters. The first-order valence-electron chi connectivity index (χ1n) is 7.61. The van der Waals surface area contributed by atoms with Crippen LogP contribution in [0.15, 0.2) is 55.0 Å². The minimum atomic E-state index is -2.61. The Morgan fingerprint density at radius 2 is 1.88 bits per heavy atom. The molecule has 0 amide bonds. The number of alkyl halides is 2. The van der Waals surface area contributed by atoms with E-state index in [1.807, 2.05) is 29.0 Å². The standard InChI is InChI=1S/C17H17F2N5/c18-16(19)14-6-8-21-17(23-14)22-12-15-20-9-11-24(15)10-7-13-4-2-1-3-5-13/h1-6,8-9,11,16H,7,10,12H2,(H,21,22,23). The summed E-state index contributed by atoms with van der Waals surface area (Å²) in [6.45, 7) is 1.16. The normalized spacial score (nSPS) is 11.0. The maximum atomic E-state index is 12.7. The van der Waals surface area contributed by atoms with Gasteiger partial charge in [-0.05, 0) is 18.1 Å². The van der Waals surface area contributed by atoms with Crippen molar-refractivity contribution in [3.63, 3.8) is 0 Å². The monoisotopic (exact) mass is 329 g/mol. The minimum Gasteiger partial charge on any atom is -0.347 e. The lowest BCUT2D eigenvalue weighted by molar-refractivity contribution is 0.146. The summed E-state index contributed by atoms with van der Waals surface area (Å²) in [5.41, 5.74) is 0.956. The van der Waals surface area contributed by atoms with E-state index in [2.05, 4.69) is 32.4 Å². The third-order valence-electron chi connectivity index (χ3n) is 3.59. The molecule has 2 aromatic heterocycles. The van der Waals surface area contributed by atoms with Gasteiger partial charge in [0.05, 0.1) is 6.54 Å². The smallest absolute Gasteiger partial charge is 0.280 e. The Morgan fingerprint density at radius 1 is 1.04 bits per heavy atom. The molecule has 0 aliphatic heterocycles. The fourth-order valence-electron chi connectivity index (χ4n) is 2.34. The van der Waals surface area contributed by atoms with Crippen molar-refractivity contribution in [2.75, 3.05) is 5.32 Å². The lowest BCUT2D eigenvalue weighted by Crippen LogP contribution is -2.11. The van der Waals surface area contributed by atoms with Crippen LogP contribution in [-0.4, -0.2) is 19.5 Å². The first kappa shape index (κ1) is 16.0. The van der Waals surface area contributed by atoms with Crippen molar-refractivity contribution in [2.45, 2.75) is 25.9 Å². The van der Waals surface area contributed by atoms with E-state index in [4.69, 9.17) is 0 Å². The zero-order valence-corrected chi connectivity index (χ0v) is 12.9. The molecule has 1 aromatic carbocycles. The van der Waals surface area contributed by atoms with Gasteiger partial charge in [-0.2, -0.15) is 0 Å². The number of aromatic nitrogens is 4. The minimum absolute atomic E-state index is 0.172. The Labute approximate surface area is 138 Å². The van der Waals surface area contributed by atoms with Crippen molar-refractivity contribution >= 4 is 5.95 Å². The zero-order valence-electron chi connectivity index (χ0n) is 12.9. The van der Waals surface area contributed by atoms with Crippen LogP contribution in [-0.2, 0) is 19.5 Å². The summed E-state index contributed by atoms with van der Waals surface area (Å²) in [7, 11) is 0. The van der Waals surface area contributed by atoms with Crippen molar-refractivity contribution in [1.29, 1.82) is 0 Å². The number of nitrogens with zero attached hydrogens (tertiary/aromatic N) is 4. The average molecular weight is 329 g/mol. The van der Waals surface area contributed by atoms with Crippen molar-refractivity contribution in [3.05, 3.63) is 72.1 Å². The third kappa shape index (κ3) is 4.13. The lowest BCUT2D eigenvalue weighted by atomic mass is 10.1. The summed E-state index contributed by atoms with van der Waals surface area (Å²) in [6, 6.07) is 11.4. The van der Waals surface area contributed by atoms with E-state index in [1.54, 1.807) is 6.20 Å². The fraction of sp³-hybridized carbons (Fsp3) is 0.235. The highest BCUT2D eigenvalue weighted by Crippen LogP contribution is 2.16. The molecule has 3 aromatic rings. The molecule has 0 aliphatic rings. The van der Waals surface area contributed by atoms with Gasteiger partial charge in [0.15, 0.2) is 0 Å². The number of rotatable bonds is 7. The molecule has 1 N–H and O–H groups in total. The number of benzene rings is 1. The first-order valence-corrected chi connectivity index (χ1v) is 7.61. The van der Waals surface area contributed by atoms with Crippen LogP contribution in [0.2, 0.25) is 0 Å². The van der Waals surface area contributed by atoms with Gasteiger partial charge in [0, 0.05) is 25.1 Å². The van der Waals surface area contributed by atoms with Crippen molar-refractivity contribution < 1.29 is 8.78 Å². The molecule has 24 heavy (non-hydrogen) atoms. The molecule has 2 heterocycles. The number of nitrogens with one attached hydrogen (secondary N) is 1. The number of aryl methyl sites for hydroxylation is 2. The molecule has 0 radical (unpaired) electrons. The summed E-state index contributed by atoms with van der Waals surface area (Å²) in [6.07, 6.45) is 3.22. The second kappa shape index (κ2) is 7.63. The first-order chi connectivity index (χ1) is 11.7. The summed E-state index contributed by atoms with van der Waals surface area (Å²) in [5.74, 6) is 0.974. The van der Waals surface area contributed by atoms with E-state index >= 15 is 0 Å². The molecular formula is C17H17F2N5. The quantitative estimate of drug-likeness (QED) is 0.721. The molecule has 0 aliphatic carbocycles. The van der Waals surface area contributed by atoms with Gasteiger partial charge in [0.2, 0.25) is 5.95 Å². The van der Waals surface area contributed by atoms with Gasteiger partial charge in [0.1, 0.15) is 11.5 Å². The van der Waals surface area contributed by atoms with Crippen molar-refractivity contribution in [2.24, 2.45) is 0 Å². The lowest BCUT2D eigenvalue weighted by Gasteiger charge is -2.09. The van der Waals surface area contributed by atoms with Gasteiger partial charge >= 0.3 is 0 Å². The van der Waals surface area contributed by atoms with Gasteiger partial charge < -0.3 is 9.88 Å². The number of hydrogen-bond acceptors (Lipinski definition) is 4. The van der Waals surface area contributed by atoms with Crippen LogP contribution in [0.4, 0.5) is 14.7 Å². The molecular weight excluding hydrogens is 312 g/mol. The molecule has 7 heteroatoms. The molecule has 5 nitrogen and oxygen atoms in total. The van der Waals surface area contributed by atoms with Crippen molar-refractivity contribution in [3.8, 4) is 0 Å². The maximum Gasteiger partial charge on any atom is 0.280 e. The molecule has 3 rings (SSSR count). The number of hydrogen-bond donors (Lipinski definition) is 1. The Morgan fingerprint density at radius 3 is 2.67 bits per heavy atom. The van der Waals surface area contributed by atoms with Gasteiger partial charge in [-0.1, -0.05) is 30.3 Å². The summed E-state index contributed by atoms with van der Waals surface area (Å²) in [4.78, 5) is 12.0. The van der Waals surface area contributed by atoms with Crippen LogP contribution < -0.4 is 5.32 Å².